The van der Waals surface area contributed by atoms with Crippen LogP contribution in [0.25, 0.3) is 5.69 Å². The first-order valence-electron chi connectivity index (χ1n) is 8.76. The van der Waals surface area contributed by atoms with Crippen molar-refractivity contribution < 1.29 is 9.59 Å². The molecule has 7 N–H and O–H groups in total. The van der Waals surface area contributed by atoms with Crippen LogP contribution in [0.2, 0.25) is 0 Å². The summed E-state index contributed by atoms with van der Waals surface area (Å²) in [6.07, 6.45) is 3.84. The highest BCUT2D eigenvalue weighted by molar-refractivity contribution is 5.98. The number of benzene rings is 1. The number of nitrogens with zero attached hydrogens (tertiary/aromatic N) is 3. The highest BCUT2D eigenvalue weighted by Gasteiger charge is 2.19. The Labute approximate surface area is 165 Å². The number of aromatic nitrogens is 4. The van der Waals surface area contributed by atoms with Gasteiger partial charge in [-0.3, -0.25) is 19.4 Å². The van der Waals surface area contributed by atoms with E-state index in [1.54, 1.807) is 54.3 Å². The SMILES string of the molecule is CC[C@@H](Nc1nc(Nc2ccc(-n3cccn3)cc2)c(C(N)=O)c(=O)[nH]1)C(N)=O. The smallest absolute Gasteiger partial charge is 0.267 e. The lowest BCUT2D eigenvalue weighted by molar-refractivity contribution is -0.118. The number of hydrogen-bond acceptors (Lipinski definition) is 7. The molecule has 0 saturated carbocycles. The third kappa shape index (κ3) is 4.40. The van der Waals surface area contributed by atoms with Crippen LogP contribution in [0.3, 0.4) is 0 Å². The molecule has 11 nitrogen and oxygen atoms in total. The van der Waals surface area contributed by atoms with E-state index in [4.69, 9.17) is 11.5 Å². The lowest BCUT2D eigenvalue weighted by Crippen LogP contribution is -2.36. The van der Waals surface area contributed by atoms with Crippen LogP contribution in [0.1, 0.15) is 23.7 Å². The molecule has 2 aromatic heterocycles. The number of nitrogens with two attached hydrogens (primary N) is 2. The molecule has 11 heteroatoms. The Morgan fingerprint density at radius 3 is 2.52 bits per heavy atom. The zero-order valence-electron chi connectivity index (χ0n) is 15.5. The highest BCUT2D eigenvalue weighted by Crippen LogP contribution is 2.19. The second-order valence-corrected chi connectivity index (χ2v) is 6.13. The maximum atomic E-state index is 12.3. The van der Waals surface area contributed by atoms with E-state index in [9.17, 15) is 14.4 Å². The van der Waals surface area contributed by atoms with E-state index in [1.165, 1.54) is 0 Å². The molecule has 0 aliphatic rings. The molecule has 150 valence electrons. The third-order valence-electron chi connectivity index (χ3n) is 4.13. The summed E-state index contributed by atoms with van der Waals surface area (Å²) in [4.78, 5) is 42.1. The van der Waals surface area contributed by atoms with Crippen molar-refractivity contribution in [3.05, 3.63) is 58.6 Å². The van der Waals surface area contributed by atoms with Crippen LogP contribution in [-0.4, -0.2) is 37.6 Å². The molecule has 0 saturated heterocycles. The summed E-state index contributed by atoms with van der Waals surface area (Å²) in [6.45, 7) is 1.75. The zero-order chi connectivity index (χ0) is 21.0. The molecule has 0 bridgehead atoms. The number of anilines is 3. The Bertz CT molecular complexity index is 1070. The van der Waals surface area contributed by atoms with Gasteiger partial charge < -0.3 is 22.1 Å². The van der Waals surface area contributed by atoms with Crippen LogP contribution in [-0.2, 0) is 4.79 Å². The highest BCUT2D eigenvalue weighted by atomic mass is 16.2. The number of nitrogens with one attached hydrogen (secondary N) is 3. The molecule has 0 spiro atoms. The van der Waals surface area contributed by atoms with Gasteiger partial charge in [0.1, 0.15) is 11.6 Å². The number of hydrogen-bond donors (Lipinski definition) is 5. The number of aromatic amines is 1. The van der Waals surface area contributed by atoms with E-state index in [0.717, 1.165) is 5.69 Å². The Balaban J connectivity index is 1.93. The standard InChI is InChI=1S/C18H20N8O3/c1-2-12(14(19)27)23-18-24-16(13(15(20)28)17(29)25-18)22-10-4-6-11(7-5-10)26-9-3-8-21-26/h3-9,12H,2H2,1H3,(H2,19,27)(H2,20,28)(H3,22,23,24,25,29)/t12-/m1/s1. The van der Waals surface area contributed by atoms with E-state index in [1.807, 2.05) is 0 Å². The molecule has 0 fully saturated rings. The number of carbonyl (C=O) groups is 2. The molecule has 2 amide bonds. The molecule has 0 aliphatic carbocycles. The topological polar surface area (TPSA) is 174 Å². The first-order chi connectivity index (χ1) is 13.9. The van der Waals surface area contributed by atoms with Gasteiger partial charge in [-0.2, -0.15) is 10.1 Å². The second-order valence-electron chi connectivity index (χ2n) is 6.13. The molecule has 3 rings (SSSR count). The van der Waals surface area contributed by atoms with Gasteiger partial charge in [0.05, 0.1) is 5.69 Å². The molecule has 0 unspecified atom stereocenters. The van der Waals surface area contributed by atoms with Gasteiger partial charge in [-0.25, -0.2) is 4.68 Å². The van der Waals surface area contributed by atoms with Gasteiger partial charge in [0.15, 0.2) is 5.82 Å². The third-order valence-corrected chi connectivity index (χ3v) is 4.13. The summed E-state index contributed by atoms with van der Waals surface area (Å²) in [6, 6.07) is 8.12. The van der Waals surface area contributed by atoms with E-state index in [-0.39, 0.29) is 17.3 Å². The normalized spacial score (nSPS) is 11.6. The lowest BCUT2D eigenvalue weighted by atomic mass is 10.2. The van der Waals surface area contributed by atoms with Crippen LogP contribution >= 0.6 is 0 Å². The summed E-state index contributed by atoms with van der Waals surface area (Å²) in [7, 11) is 0. The van der Waals surface area contributed by atoms with Crippen molar-refractivity contribution >= 4 is 29.3 Å². The van der Waals surface area contributed by atoms with Gasteiger partial charge in [0, 0.05) is 18.1 Å². The van der Waals surface area contributed by atoms with Crippen LogP contribution < -0.4 is 27.7 Å². The molecule has 29 heavy (non-hydrogen) atoms. The molecule has 0 radical (unpaired) electrons. The van der Waals surface area contributed by atoms with Crippen molar-refractivity contribution in [1.82, 2.24) is 19.7 Å². The fraction of sp³-hybridized carbons (Fsp3) is 0.167. The Morgan fingerprint density at radius 1 is 1.24 bits per heavy atom. The average Bonchev–Trinajstić information content (AvgIpc) is 3.20. The predicted octanol–water partition coefficient (Wildman–Crippen LogP) is 0.474. The molecule has 1 aromatic carbocycles. The quantitative estimate of drug-likeness (QED) is 0.368. The van der Waals surface area contributed by atoms with Crippen molar-refractivity contribution in [2.75, 3.05) is 10.6 Å². The summed E-state index contributed by atoms with van der Waals surface area (Å²) in [5.74, 6) is -1.60. The zero-order valence-corrected chi connectivity index (χ0v) is 15.5. The van der Waals surface area contributed by atoms with Crippen molar-refractivity contribution in [3.63, 3.8) is 0 Å². The summed E-state index contributed by atoms with van der Waals surface area (Å²) >= 11 is 0. The van der Waals surface area contributed by atoms with Crippen LogP contribution in [0.4, 0.5) is 17.5 Å². The van der Waals surface area contributed by atoms with Crippen molar-refractivity contribution in [2.45, 2.75) is 19.4 Å². The first kappa shape index (κ1) is 19.6. The largest absolute Gasteiger partial charge is 0.368 e. The number of rotatable bonds is 8. The molecule has 2 heterocycles. The fourth-order valence-electron chi connectivity index (χ4n) is 2.66. The van der Waals surface area contributed by atoms with Crippen LogP contribution in [0.15, 0.2) is 47.5 Å². The van der Waals surface area contributed by atoms with Gasteiger partial charge in [-0.1, -0.05) is 6.92 Å². The molecule has 1 atom stereocenters. The molecule has 0 aliphatic heterocycles. The van der Waals surface area contributed by atoms with Crippen LogP contribution in [0.5, 0.6) is 0 Å². The minimum Gasteiger partial charge on any atom is -0.368 e. The average molecular weight is 396 g/mol. The summed E-state index contributed by atoms with van der Waals surface area (Å²) in [5.41, 5.74) is 11.0. The number of H-pyrrole nitrogens is 1. The van der Waals surface area contributed by atoms with Gasteiger partial charge in [-0.15, -0.1) is 0 Å². The molecular formula is C18H20N8O3. The Hall–Kier alpha value is -4.15. The van der Waals surface area contributed by atoms with Crippen molar-refractivity contribution in [1.29, 1.82) is 0 Å². The number of primary amides is 2. The van der Waals surface area contributed by atoms with E-state index >= 15 is 0 Å². The maximum absolute atomic E-state index is 12.3. The first-order valence-corrected chi connectivity index (χ1v) is 8.76. The van der Waals surface area contributed by atoms with Crippen LogP contribution in [0, 0.1) is 0 Å². The Morgan fingerprint density at radius 2 is 1.97 bits per heavy atom. The van der Waals surface area contributed by atoms with Crippen molar-refractivity contribution in [3.8, 4) is 5.69 Å². The fourth-order valence-corrected chi connectivity index (χ4v) is 2.66. The number of amides is 2. The summed E-state index contributed by atoms with van der Waals surface area (Å²) in [5, 5.41) is 9.80. The Kier molecular flexibility index (Phi) is 5.58. The number of carbonyl (C=O) groups excluding carboxylic acids is 2. The monoisotopic (exact) mass is 396 g/mol. The van der Waals surface area contributed by atoms with E-state index < -0.39 is 23.4 Å². The van der Waals surface area contributed by atoms with Crippen molar-refractivity contribution in [2.24, 2.45) is 11.5 Å². The minimum atomic E-state index is -0.942. The lowest BCUT2D eigenvalue weighted by Gasteiger charge is -2.16. The van der Waals surface area contributed by atoms with E-state index in [2.05, 4.69) is 25.7 Å². The van der Waals surface area contributed by atoms with Gasteiger partial charge in [0.2, 0.25) is 11.9 Å². The van der Waals surface area contributed by atoms with Gasteiger partial charge in [0.25, 0.3) is 11.5 Å². The maximum Gasteiger partial charge on any atom is 0.267 e. The minimum absolute atomic E-state index is 0.0127. The molecule has 3 aromatic rings. The summed E-state index contributed by atoms with van der Waals surface area (Å²) < 4.78 is 1.68. The van der Waals surface area contributed by atoms with Gasteiger partial charge >= 0.3 is 0 Å². The van der Waals surface area contributed by atoms with Gasteiger partial charge in [-0.05, 0) is 36.8 Å². The predicted molar refractivity (Wildman–Crippen MR) is 107 cm³/mol. The second kappa shape index (κ2) is 8.25. The van der Waals surface area contributed by atoms with E-state index in [0.29, 0.717) is 12.1 Å². The molecular weight excluding hydrogens is 376 g/mol.